The third-order valence-corrected chi connectivity index (χ3v) is 6.13. The molecule has 8 heteroatoms. The number of anilines is 1. The van der Waals surface area contributed by atoms with Crippen molar-refractivity contribution in [3.63, 3.8) is 0 Å². The number of rotatable bonds is 8. The second kappa shape index (κ2) is 12.1. The van der Waals surface area contributed by atoms with E-state index < -0.39 is 29.7 Å². The first-order valence-electron chi connectivity index (χ1n) is 12.3. The lowest BCUT2D eigenvalue weighted by atomic mass is 10.0. The summed E-state index contributed by atoms with van der Waals surface area (Å²) in [4.78, 5) is 41.2. The number of amides is 3. The van der Waals surface area contributed by atoms with Crippen LogP contribution in [0.2, 0.25) is 0 Å². The molecule has 0 bridgehead atoms. The first kappa shape index (κ1) is 28.1. The van der Waals surface area contributed by atoms with Gasteiger partial charge in [0, 0.05) is 18.0 Å². The first-order chi connectivity index (χ1) is 17.5. The fraction of sp³-hybridized carbons (Fsp3) is 0.345. The molecular formula is C29H35N3O4S. The summed E-state index contributed by atoms with van der Waals surface area (Å²) in [5.41, 5.74) is 1.60. The smallest absolute Gasteiger partial charge is 0.408 e. The van der Waals surface area contributed by atoms with Crippen molar-refractivity contribution >= 4 is 47.0 Å². The Hall–Kier alpha value is -3.52. The average Bonchev–Trinajstić information content (AvgIpc) is 2.85. The van der Waals surface area contributed by atoms with Crippen molar-refractivity contribution in [2.45, 2.75) is 52.3 Å². The Morgan fingerprint density at radius 1 is 0.973 bits per heavy atom. The van der Waals surface area contributed by atoms with Crippen LogP contribution < -0.4 is 10.6 Å². The van der Waals surface area contributed by atoms with Gasteiger partial charge in [-0.05, 0) is 63.1 Å². The predicted molar refractivity (Wildman–Crippen MR) is 151 cm³/mol. The van der Waals surface area contributed by atoms with Crippen molar-refractivity contribution in [3.8, 4) is 0 Å². The SMILES string of the molecule is CCN(C(=O)C(CS)NC(=O)OC(C)(C)C)C(C(=O)Nc1ccc2ccccc2c1)c1ccc(C)cc1. The Bertz CT molecular complexity index is 1250. The fourth-order valence-electron chi connectivity index (χ4n) is 4.00. The molecule has 0 heterocycles. The summed E-state index contributed by atoms with van der Waals surface area (Å²) in [6.45, 7) is 9.22. The number of hydrogen-bond acceptors (Lipinski definition) is 5. The van der Waals surface area contributed by atoms with E-state index in [0.29, 0.717) is 11.3 Å². The number of benzene rings is 3. The molecule has 7 nitrogen and oxygen atoms in total. The molecule has 3 rings (SSSR count). The molecule has 0 aromatic heterocycles. The summed E-state index contributed by atoms with van der Waals surface area (Å²) in [5, 5.41) is 7.64. The van der Waals surface area contributed by atoms with Crippen molar-refractivity contribution in [3.05, 3.63) is 77.9 Å². The van der Waals surface area contributed by atoms with Crippen LogP contribution in [0.15, 0.2) is 66.7 Å². The summed E-state index contributed by atoms with van der Waals surface area (Å²) in [5.74, 6) is -0.742. The molecule has 0 radical (unpaired) electrons. The summed E-state index contributed by atoms with van der Waals surface area (Å²) < 4.78 is 5.32. The van der Waals surface area contributed by atoms with Crippen molar-refractivity contribution in [2.24, 2.45) is 0 Å². The van der Waals surface area contributed by atoms with Crippen LogP contribution in [-0.4, -0.2) is 46.7 Å². The van der Waals surface area contributed by atoms with Crippen molar-refractivity contribution in [2.75, 3.05) is 17.6 Å². The number of thiol groups is 1. The molecule has 0 aliphatic rings. The molecule has 3 amide bonds. The minimum Gasteiger partial charge on any atom is -0.444 e. The second-order valence-electron chi connectivity index (χ2n) is 9.87. The standard InChI is InChI=1S/C29H35N3O4S/c1-6-32(27(34)24(18-37)31-28(35)36-29(3,4)5)25(21-13-11-19(2)12-14-21)26(33)30-23-16-15-20-9-7-8-10-22(20)17-23/h7-17,24-25,37H,6,18H2,1-5H3,(H,30,33)(H,31,35). The molecular weight excluding hydrogens is 486 g/mol. The molecule has 3 aromatic carbocycles. The molecule has 0 aliphatic carbocycles. The number of nitrogens with one attached hydrogen (secondary N) is 2. The lowest BCUT2D eigenvalue weighted by Crippen LogP contribution is -2.53. The van der Waals surface area contributed by atoms with E-state index in [2.05, 4.69) is 23.3 Å². The van der Waals surface area contributed by atoms with Gasteiger partial charge in [-0.3, -0.25) is 9.59 Å². The van der Waals surface area contributed by atoms with E-state index in [9.17, 15) is 14.4 Å². The van der Waals surface area contributed by atoms with E-state index in [4.69, 9.17) is 4.74 Å². The zero-order valence-electron chi connectivity index (χ0n) is 21.9. The van der Waals surface area contributed by atoms with Gasteiger partial charge in [0.25, 0.3) is 5.91 Å². The molecule has 2 N–H and O–H groups in total. The number of carbonyl (C=O) groups excluding carboxylic acids is 3. The van der Waals surface area contributed by atoms with Gasteiger partial charge in [-0.1, -0.05) is 60.2 Å². The molecule has 0 saturated heterocycles. The molecule has 0 saturated carbocycles. The molecule has 0 fully saturated rings. The molecule has 2 atom stereocenters. The first-order valence-corrected chi connectivity index (χ1v) is 12.9. The maximum Gasteiger partial charge on any atom is 0.408 e. The Morgan fingerprint density at radius 2 is 1.62 bits per heavy atom. The van der Waals surface area contributed by atoms with Gasteiger partial charge < -0.3 is 20.3 Å². The fourth-order valence-corrected chi connectivity index (χ4v) is 4.25. The number of ether oxygens (including phenoxy) is 1. The summed E-state index contributed by atoms with van der Waals surface area (Å²) in [7, 11) is 0. The minimum absolute atomic E-state index is 0.0431. The van der Waals surface area contributed by atoms with Crippen molar-refractivity contribution in [1.29, 1.82) is 0 Å². The lowest BCUT2D eigenvalue weighted by Gasteiger charge is -2.33. The summed E-state index contributed by atoms with van der Waals surface area (Å²) in [6, 6.07) is 19.1. The van der Waals surface area contributed by atoms with Crippen LogP contribution in [0.3, 0.4) is 0 Å². The van der Waals surface area contributed by atoms with Gasteiger partial charge in [-0.25, -0.2) is 4.79 Å². The van der Waals surface area contributed by atoms with Crippen LogP contribution in [0.5, 0.6) is 0 Å². The maximum absolute atomic E-state index is 13.7. The highest BCUT2D eigenvalue weighted by atomic mass is 32.1. The molecule has 2 unspecified atom stereocenters. The van der Waals surface area contributed by atoms with Gasteiger partial charge in [0.05, 0.1) is 0 Å². The quantitative estimate of drug-likeness (QED) is 0.342. The highest BCUT2D eigenvalue weighted by Gasteiger charge is 2.35. The zero-order chi connectivity index (χ0) is 27.2. The number of fused-ring (bicyclic) bond motifs is 1. The van der Waals surface area contributed by atoms with Gasteiger partial charge in [0.1, 0.15) is 17.7 Å². The van der Waals surface area contributed by atoms with Crippen LogP contribution in [0.1, 0.15) is 44.9 Å². The van der Waals surface area contributed by atoms with Crippen LogP contribution in [0.4, 0.5) is 10.5 Å². The van der Waals surface area contributed by atoms with Gasteiger partial charge in [-0.15, -0.1) is 0 Å². The second-order valence-corrected chi connectivity index (χ2v) is 10.2. The lowest BCUT2D eigenvalue weighted by molar-refractivity contribution is -0.140. The third kappa shape index (κ3) is 7.49. The van der Waals surface area contributed by atoms with E-state index in [1.54, 1.807) is 27.7 Å². The van der Waals surface area contributed by atoms with Gasteiger partial charge in [-0.2, -0.15) is 12.6 Å². The van der Waals surface area contributed by atoms with E-state index in [-0.39, 0.29) is 18.2 Å². The van der Waals surface area contributed by atoms with Crippen molar-refractivity contribution in [1.82, 2.24) is 10.2 Å². The summed E-state index contributed by atoms with van der Waals surface area (Å²) in [6.07, 6.45) is -0.719. The highest BCUT2D eigenvalue weighted by Crippen LogP contribution is 2.26. The number of aryl methyl sites for hydroxylation is 1. The topological polar surface area (TPSA) is 87.7 Å². The zero-order valence-corrected chi connectivity index (χ0v) is 22.8. The normalized spacial score (nSPS) is 12.9. The number of alkyl carbamates (subject to hydrolysis) is 1. The molecule has 0 aliphatic heterocycles. The maximum atomic E-state index is 13.7. The Kier molecular flexibility index (Phi) is 9.21. The van der Waals surface area contributed by atoms with Crippen LogP contribution in [-0.2, 0) is 14.3 Å². The van der Waals surface area contributed by atoms with E-state index in [1.165, 1.54) is 4.90 Å². The van der Waals surface area contributed by atoms with Crippen LogP contribution in [0, 0.1) is 6.92 Å². The number of nitrogens with zero attached hydrogens (tertiary/aromatic N) is 1. The number of likely N-dealkylation sites (N-methyl/N-ethyl adjacent to an activating group) is 1. The Labute approximate surface area is 224 Å². The predicted octanol–water partition coefficient (Wildman–Crippen LogP) is 5.50. The molecule has 3 aromatic rings. The molecule has 196 valence electrons. The van der Waals surface area contributed by atoms with E-state index in [1.807, 2.05) is 73.7 Å². The molecule has 0 spiro atoms. The minimum atomic E-state index is -0.973. The van der Waals surface area contributed by atoms with E-state index >= 15 is 0 Å². The number of hydrogen-bond donors (Lipinski definition) is 3. The van der Waals surface area contributed by atoms with Gasteiger partial charge in [0.2, 0.25) is 5.91 Å². The monoisotopic (exact) mass is 521 g/mol. The summed E-state index contributed by atoms with van der Waals surface area (Å²) >= 11 is 4.29. The molecule has 37 heavy (non-hydrogen) atoms. The third-order valence-electron chi connectivity index (χ3n) is 5.77. The van der Waals surface area contributed by atoms with Crippen molar-refractivity contribution < 1.29 is 19.1 Å². The Balaban J connectivity index is 1.92. The number of carbonyl (C=O) groups is 3. The van der Waals surface area contributed by atoms with Crippen LogP contribution in [0.25, 0.3) is 10.8 Å². The highest BCUT2D eigenvalue weighted by molar-refractivity contribution is 7.80. The van der Waals surface area contributed by atoms with Crippen LogP contribution >= 0.6 is 12.6 Å². The van der Waals surface area contributed by atoms with E-state index in [0.717, 1.165) is 16.3 Å². The Morgan fingerprint density at radius 3 is 2.22 bits per heavy atom. The van der Waals surface area contributed by atoms with Gasteiger partial charge >= 0.3 is 6.09 Å². The van der Waals surface area contributed by atoms with Gasteiger partial charge in [0.15, 0.2) is 0 Å². The largest absolute Gasteiger partial charge is 0.444 e. The average molecular weight is 522 g/mol.